The fourth-order valence-corrected chi connectivity index (χ4v) is 3.33. The maximum absolute atomic E-state index is 11.9. The van der Waals surface area contributed by atoms with Crippen LogP contribution in [0.5, 0.6) is 0 Å². The molecule has 0 saturated heterocycles. The molecular weight excluding hydrogens is 214 g/mol. The quantitative estimate of drug-likeness (QED) is 0.635. The van der Waals surface area contributed by atoms with Crippen LogP contribution in [-0.2, 0) is 14.6 Å². The lowest BCUT2D eigenvalue weighted by Gasteiger charge is -2.22. The van der Waals surface area contributed by atoms with E-state index < -0.39 is 9.84 Å². The van der Waals surface area contributed by atoms with Gasteiger partial charge in [0.1, 0.15) is 0 Å². The Kier molecular flexibility index (Phi) is 7.13. The molecule has 0 amide bonds. The van der Waals surface area contributed by atoms with Crippen LogP contribution in [0.15, 0.2) is 0 Å². The molecule has 1 N–H and O–H groups in total. The Bertz CT molecular complexity index is 247. The van der Waals surface area contributed by atoms with Crippen LogP contribution in [-0.4, -0.2) is 46.2 Å². The summed E-state index contributed by atoms with van der Waals surface area (Å²) in [6, 6.07) is 0.0394. The van der Waals surface area contributed by atoms with Gasteiger partial charge in [0.25, 0.3) is 0 Å². The molecule has 92 valence electrons. The molecule has 0 spiro atoms. The lowest BCUT2D eigenvalue weighted by Crippen LogP contribution is -2.41. The highest BCUT2D eigenvalue weighted by Crippen LogP contribution is 2.11. The van der Waals surface area contributed by atoms with Crippen LogP contribution < -0.4 is 5.32 Å². The largest absolute Gasteiger partial charge is 0.385 e. The normalized spacial score (nSPS) is 16.3. The molecule has 2 atom stereocenters. The van der Waals surface area contributed by atoms with Gasteiger partial charge < -0.3 is 10.1 Å². The number of ether oxygens (including phenoxy) is 1. The smallest absolute Gasteiger partial charge is 0.154 e. The van der Waals surface area contributed by atoms with Crippen LogP contribution in [0, 0.1) is 0 Å². The Hall–Kier alpha value is -0.130. The average molecular weight is 237 g/mol. The van der Waals surface area contributed by atoms with E-state index in [4.69, 9.17) is 4.74 Å². The van der Waals surface area contributed by atoms with Crippen LogP contribution in [0.1, 0.15) is 26.7 Å². The van der Waals surface area contributed by atoms with Gasteiger partial charge in [0.2, 0.25) is 0 Å². The van der Waals surface area contributed by atoms with Crippen molar-refractivity contribution >= 4 is 9.84 Å². The van der Waals surface area contributed by atoms with Gasteiger partial charge in [-0.15, -0.1) is 0 Å². The summed E-state index contributed by atoms with van der Waals surface area (Å²) in [6.07, 6.45) is 1.39. The fraction of sp³-hybridized carbons (Fsp3) is 1.00. The fourth-order valence-electron chi connectivity index (χ4n) is 1.61. The second-order valence-corrected chi connectivity index (χ2v) is 6.20. The number of sulfone groups is 1. The Morgan fingerprint density at radius 3 is 2.40 bits per heavy atom. The molecule has 2 unspecified atom stereocenters. The highest BCUT2D eigenvalue weighted by molar-refractivity contribution is 7.92. The first-order valence-corrected chi connectivity index (χ1v) is 7.08. The van der Waals surface area contributed by atoms with E-state index >= 15 is 0 Å². The Morgan fingerprint density at radius 2 is 2.00 bits per heavy atom. The van der Waals surface area contributed by atoms with E-state index in [1.807, 2.05) is 6.92 Å². The molecule has 0 heterocycles. The van der Waals surface area contributed by atoms with Gasteiger partial charge in [-0.05, 0) is 26.8 Å². The third kappa shape index (κ3) is 4.95. The second-order valence-electron chi connectivity index (χ2n) is 3.72. The molecule has 0 aromatic rings. The van der Waals surface area contributed by atoms with Gasteiger partial charge in [0, 0.05) is 19.8 Å². The Balaban J connectivity index is 4.30. The predicted octanol–water partition coefficient (Wildman–Crippen LogP) is 0.824. The molecule has 0 aromatic heterocycles. The van der Waals surface area contributed by atoms with E-state index in [-0.39, 0.29) is 17.0 Å². The maximum Gasteiger partial charge on any atom is 0.154 e. The first kappa shape index (κ1) is 14.9. The zero-order valence-corrected chi connectivity index (χ0v) is 10.9. The van der Waals surface area contributed by atoms with Crippen molar-refractivity contribution in [1.82, 2.24) is 5.32 Å². The zero-order chi connectivity index (χ0) is 11.9. The third-order valence-electron chi connectivity index (χ3n) is 2.72. The Morgan fingerprint density at radius 1 is 1.40 bits per heavy atom. The molecule has 0 radical (unpaired) electrons. The number of hydrogen-bond donors (Lipinski definition) is 1. The molecule has 0 aromatic carbocycles. The molecular formula is C10H23NO3S. The third-order valence-corrected chi connectivity index (χ3v) is 5.04. The zero-order valence-electron chi connectivity index (χ0n) is 10.1. The van der Waals surface area contributed by atoms with E-state index in [2.05, 4.69) is 5.32 Å². The summed E-state index contributed by atoms with van der Waals surface area (Å²) in [4.78, 5) is 0. The first-order chi connectivity index (χ1) is 6.99. The minimum absolute atomic E-state index is 0.0394. The van der Waals surface area contributed by atoms with Gasteiger partial charge >= 0.3 is 0 Å². The number of methoxy groups -OCH3 is 1. The van der Waals surface area contributed by atoms with Crippen molar-refractivity contribution < 1.29 is 13.2 Å². The highest BCUT2D eigenvalue weighted by atomic mass is 32.2. The minimum Gasteiger partial charge on any atom is -0.385 e. The molecule has 4 nitrogen and oxygen atoms in total. The monoisotopic (exact) mass is 237 g/mol. The summed E-state index contributed by atoms with van der Waals surface area (Å²) < 4.78 is 28.6. The van der Waals surface area contributed by atoms with Crippen LogP contribution in [0.4, 0.5) is 0 Å². The predicted molar refractivity (Wildman–Crippen MR) is 62.9 cm³/mol. The summed E-state index contributed by atoms with van der Waals surface area (Å²) in [5.41, 5.74) is 0. The summed E-state index contributed by atoms with van der Waals surface area (Å²) in [5.74, 6) is 0.209. The van der Waals surface area contributed by atoms with Crippen LogP contribution in [0.2, 0.25) is 0 Å². The van der Waals surface area contributed by atoms with Crippen molar-refractivity contribution in [3.8, 4) is 0 Å². The molecule has 0 saturated carbocycles. The van der Waals surface area contributed by atoms with E-state index in [9.17, 15) is 8.42 Å². The van der Waals surface area contributed by atoms with E-state index in [1.165, 1.54) is 0 Å². The number of hydrogen-bond acceptors (Lipinski definition) is 4. The van der Waals surface area contributed by atoms with Gasteiger partial charge in [-0.3, -0.25) is 0 Å². The number of nitrogens with one attached hydrogen (secondary N) is 1. The van der Waals surface area contributed by atoms with Crippen molar-refractivity contribution in [2.24, 2.45) is 0 Å². The summed E-state index contributed by atoms with van der Waals surface area (Å²) in [7, 11) is 0.384. The standard InChI is InChI=1S/C10H23NO3S/c1-5-10(11-3)9(2)15(12,13)8-6-7-14-4/h9-11H,5-8H2,1-4H3. The molecule has 0 aliphatic heterocycles. The molecule has 0 bridgehead atoms. The lowest BCUT2D eigenvalue weighted by molar-refractivity contribution is 0.199. The van der Waals surface area contributed by atoms with Gasteiger partial charge in [-0.1, -0.05) is 6.92 Å². The van der Waals surface area contributed by atoms with Gasteiger partial charge in [0.15, 0.2) is 9.84 Å². The van der Waals surface area contributed by atoms with Crippen LogP contribution >= 0.6 is 0 Å². The van der Waals surface area contributed by atoms with Gasteiger partial charge in [-0.2, -0.15) is 0 Å². The summed E-state index contributed by atoms with van der Waals surface area (Å²) in [6.45, 7) is 4.26. The summed E-state index contributed by atoms with van der Waals surface area (Å²) >= 11 is 0. The molecule has 0 aliphatic carbocycles. The average Bonchev–Trinajstić information content (AvgIpc) is 2.19. The topological polar surface area (TPSA) is 55.4 Å². The Labute approximate surface area is 93.3 Å². The van der Waals surface area contributed by atoms with Gasteiger partial charge in [-0.25, -0.2) is 8.42 Å². The summed E-state index contributed by atoms with van der Waals surface area (Å²) in [5, 5.41) is 2.71. The van der Waals surface area contributed by atoms with Crippen LogP contribution in [0.3, 0.4) is 0 Å². The molecule has 15 heavy (non-hydrogen) atoms. The maximum atomic E-state index is 11.9. The molecule has 0 aliphatic rings. The van der Waals surface area contributed by atoms with Crippen molar-refractivity contribution in [2.75, 3.05) is 26.5 Å². The molecule has 0 rings (SSSR count). The molecule has 5 heteroatoms. The van der Waals surface area contributed by atoms with Crippen molar-refractivity contribution in [2.45, 2.75) is 38.0 Å². The minimum atomic E-state index is -3.00. The van der Waals surface area contributed by atoms with E-state index in [0.717, 1.165) is 6.42 Å². The molecule has 0 fully saturated rings. The van der Waals surface area contributed by atoms with Gasteiger partial charge in [0.05, 0.1) is 11.0 Å². The van der Waals surface area contributed by atoms with E-state index in [0.29, 0.717) is 13.0 Å². The van der Waals surface area contributed by atoms with E-state index in [1.54, 1.807) is 21.1 Å². The highest BCUT2D eigenvalue weighted by Gasteiger charge is 2.26. The van der Waals surface area contributed by atoms with Crippen molar-refractivity contribution in [3.05, 3.63) is 0 Å². The second kappa shape index (κ2) is 7.19. The van der Waals surface area contributed by atoms with Crippen LogP contribution in [0.25, 0.3) is 0 Å². The lowest BCUT2D eigenvalue weighted by atomic mass is 10.2. The van der Waals surface area contributed by atoms with Crippen molar-refractivity contribution in [1.29, 1.82) is 0 Å². The van der Waals surface area contributed by atoms with Crippen molar-refractivity contribution in [3.63, 3.8) is 0 Å². The first-order valence-electron chi connectivity index (χ1n) is 5.37. The number of rotatable bonds is 8. The SMILES string of the molecule is CCC(NC)C(C)S(=O)(=O)CCCOC.